The quantitative estimate of drug-likeness (QED) is 0.861. The van der Waals surface area contributed by atoms with Crippen LogP contribution in [0, 0.1) is 11.6 Å². The highest BCUT2D eigenvalue weighted by Crippen LogP contribution is 2.33. The number of nitrogens with two attached hydrogens (primary N) is 1. The lowest BCUT2D eigenvalue weighted by molar-refractivity contribution is -0.137. The molecular formula is C14H10F5NO. The topological polar surface area (TPSA) is 35.2 Å². The summed E-state index contributed by atoms with van der Waals surface area (Å²) in [6.07, 6.45) is -4.49. The fourth-order valence-corrected chi connectivity index (χ4v) is 1.66. The van der Waals surface area contributed by atoms with Crippen LogP contribution < -0.4 is 10.5 Å². The average molecular weight is 303 g/mol. The Morgan fingerprint density at radius 3 is 1.90 bits per heavy atom. The molecule has 0 heterocycles. The molecule has 21 heavy (non-hydrogen) atoms. The van der Waals surface area contributed by atoms with Crippen LogP contribution in [0.25, 0.3) is 0 Å². The van der Waals surface area contributed by atoms with E-state index in [1.807, 2.05) is 0 Å². The van der Waals surface area contributed by atoms with Gasteiger partial charge in [-0.15, -0.1) is 0 Å². The maximum absolute atomic E-state index is 13.7. The van der Waals surface area contributed by atoms with E-state index in [2.05, 4.69) is 0 Å². The van der Waals surface area contributed by atoms with Gasteiger partial charge in [-0.1, -0.05) is 0 Å². The third kappa shape index (κ3) is 3.49. The van der Waals surface area contributed by atoms with Crippen molar-refractivity contribution in [1.82, 2.24) is 0 Å². The summed E-state index contributed by atoms with van der Waals surface area (Å²) in [5.41, 5.74) is 4.63. The molecule has 2 nitrogen and oxygen atoms in total. The van der Waals surface area contributed by atoms with Crippen molar-refractivity contribution in [2.75, 3.05) is 0 Å². The smallest absolute Gasteiger partial charge is 0.416 e. The highest BCUT2D eigenvalue weighted by Gasteiger charge is 2.30. The molecule has 0 amide bonds. The zero-order valence-electron chi connectivity index (χ0n) is 10.5. The Morgan fingerprint density at radius 2 is 1.48 bits per heavy atom. The van der Waals surface area contributed by atoms with Gasteiger partial charge in [0.1, 0.15) is 5.75 Å². The predicted octanol–water partition coefficient (Wildman–Crippen LogP) is 4.23. The fraction of sp³-hybridized carbons (Fsp3) is 0.143. The second-order valence-corrected chi connectivity index (χ2v) is 4.22. The zero-order valence-corrected chi connectivity index (χ0v) is 10.5. The monoisotopic (exact) mass is 303 g/mol. The van der Waals surface area contributed by atoms with E-state index < -0.39 is 29.1 Å². The van der Waals surface area contributed by atoms with Crippen LogP contribution in [0.3, 0.4) is 0 Å². The minimum absolute atomic E-state index is 0.0472. The van der Waals surface area contributed by atoms with Gasteiger partial charge in [-0.25, -0.2) is 8.78 Å². The number of hydrogen-bond donors (Lipinski definition) is 1. The Kier molecular flexibility index (Phi) is 4.13. The van der Waals surface area contributed by atoms with Gasteiger partial charge < -0.3 is 10.5 Å². The molecule has 0 aromatic heterocycles. The molecule has 0 atom stereocenters. The molecule has 2 aromatic rings. The van der Waals surface area contributed by atoms with Gasteiger partial charge in [-0.3, -0.25) is 0 Å². The standard InChI is InChI=1S/C14H10F5NO/c15-11-5-8(7-20)6-12(16)13(11)21-10-3-1-9(2-4-10)14(17,18)19/h1-6H,7,20H2. The summed E-state index contributed by atoms with van der Waals surface area (Å²) in [5.74, 6) is -2.75. The molecular weight excluding hydrogens is 293 g/mol. The second kappa shape index (κ2) is 5.69. The van der Waals surface area contributed by atoms with Gasteiger partial charge in [0, 0.05) is 6.54 Å². The first-order valence-electron chi connectivity index (χ1n) is 5.84. The molecule has 0 spiro atoms. The van der Waals surface area contributed by atoms with Crippen LogP contribution >= 0.6 is 0 Å². The first kappa shape index (κ1) is 15.2. The highest BCUT2D eigenvalue weighted by atomic mass is 19.4. The Hall–Kier alpha value is -2.15. The molecule has 7 heteroatoms. The SMILES string of the molecule is NCc1cc(F)c(Oc2ccc(C(F)(F)F)cc2)c(F)c1. The average Bonchev–Trinajstić information content (AvgIpc) is 2.42. The summed E-state index contributed by atoms with van der Waals surface area (Å²) in [4.78, 5) is 0. The molecule has 0 saturated carbocycles. The van der Waals surface area contributed by atoms with E-state index in [0.717, 1.165) is 36.4 Å². The van der Waals surface area contributed by atoms with Crippen molar-refractivity contribution in [2.24, 2.45) is 5.73 Å². The van der Waals surface area contributed by atoms with Gasteiger partial charge in [0.15, 0.2) is 17.4 Å². The lowest BCUT2D eigenvalue weighted by Gasteiger charge is -2.11. The van der Waals surface area contributed by atoms with Crippen LogP contribution in [0.15, 0.2) is 36.4 Å². The Labute approximate surface area is 116 Å². The molecule has 0 aliphatic heterocycles. The maximum atomic E-state index is 13.7. The summed E-state index contributed by atoms with van der Waals surface area (Å²) in [6.45, 7) is -0.0472. The van der Waals surface area contributed by atoms with Crippen LogP contribution in [0.4, 0.5) is 22.0 Å². The molecule has 0 aliphatic carbocycles. The summed E-state index contributed by atoms with van der Waals surface area (Å²) in [5, 5.41) is 0. The normalized spacial score (nSPS) is 11.5. The van der Waals surface area contributed by atoms with Gasteiger partial charge in [0.2, 0.25) is 0 Å². The van der Waals surface area contributed by atoms with Crippen LogP contribution in [-0.2, 0) is 12.7 Å². The molecule has 2 aromatic carbocycles. The highest BCUT2D eigenvalue weighted by molar-refractivity contribution is 5.37. The van der Waals surface area contributed by atoms with Crippen LogP contribution in [-0.4, -0.2) is 0 Å². The van der Waals surface area contributed by atoms with Gasteiger partial charge in [-0.05, 0) is 42.0 Å². The molecule has 2 N–H and O–H groups in total. The van der Waals surface area contributed by atoms with E-state index in [1.54, 1.807) is 0 Å². The van der Waals surface area contributed by atoms with E-state index in [4.69, 9.17) is 10.5 Å². The van der Waals surface area contributed by atoms with Crippen molar-refractivity contribution >= 4 is 0 Å². The van der Waals surface area contributed by atoms with Gasteiger partial charge >= 0.3 is 6.18 Å². The van der Waals surface area contributed by atoms with E-state index >= 15 is 0 Å². The van der Waals surface area contributed by atoms with Crippen LogP contribution in [0.5, 0.6) is 11.5 Å². The Morgan fingerprint density at radius 1 is 0.952 bits per heavy atom. The third-order valence-corrected chi connectivity index (χ3v) is 2.70. The molecule has 0 saturated heterocycles. The van der Waals surface area contributed by atoms with Gasteiger partial charge in [-0.2, -0.15) is 13.2 Å². The summed E-state index contributed by atoms with van der Waals surface area (Å²) >= 11 is 0. The maximum Gasteiger partial charge on any atom is 0.416 e. The van der Waals surface area contributed by atoms with Crippen molar-refractivity contribution in [3.63, 3.8) is 0 Å². The Bertz CT molecular complexity index is 614. The number of alkyl halides is 3. The van der Waals surface area contributed by atoms with E-state index in [-0.39, 0.29) is 17.9 Å². The van der Waals surface area contributed by atoms with Gasteiger partial charge in [0.05, 0.1) is 5.56 Å². The van der Waals surface area contributed by atoms with Crippen LogP contribution in [0.2, 0.25) is 0 Å². The van der Waals surface area contributed by atoms with Crippen molar-refractivity contribution in [1.29, 1.82) is 0 Å². The first-order valence-corrected chi connectivity index (χ1v) is 5.84. The number of benzene rings is 2. The first-order chi connectivity index (χ1) is 9.81. The minimum atomic E-state index is -4.49. The Balaban J connectivity index is 2.26. The third-order valence-electron chi connectivity index (χ3n) is 2.70. The molecule has 112 valence electrons. The largest absolute Gasteiger partial charge is 0.451 e. The molecule has 0 radical (unpaired) electrons. The van der Waals surface area contributed by atoms with E-state index in [9.17, 15) is 22.0 Å². The summed E-state index contributed by atoms with van der Waals surface area (Å²) in [6, 6.07) is 5.50. The molecule has 0 aliphatic rings. The number of ether oxygens (including phenoxy) is 1. The number of halogens is 5. The van der Waals surface area contributed by atoms with Crippen molar-refractivity contribution < 1.29 is 26.7 Å². The number of hydrogen-bond acceptors (Lipinski definition) is 2. The van der Waals surface area contributed by atoms with Crippen molar-refractivity contribution in [2.45, 2.75) is 12.7 Å². The summed E-state index contributed by atoms with van der Waals surface area (Å²) in [7, 11) is 0. The molecule has 0 fully saturated rings. The van der Waals surface area contributed by atoms with Crippen LogP contribution in [0.1, 0.15) is 11.1 Å². The van der Waals surface area contributed by atoms with Crippen molar-refractivity contribution in [3.8, 4) is 11.5 Å². The lowest BCUT2D eigenvalue weighted by atomic mass is 10.2. The fourth-order valence-electron chi connectivity index (χ4n) is 1.66. The summed E-state index contributed by atoms with van der Waals surface area (Å²) < 4.78 is 69.4. The second-order valence-electron chi connectivity index (χ2n) is 4.22. The molecule has 0 unspecified atom stereocenters. The van der Waals surface area contributed by atoms with E-state index in [0.29, 0.717) is 0 Å². The minimum Gasteiger partial charge on any atom is -0.451 e. The van der Waals surface area contributed by atoms with Crippen molar-refractivity contribution in [3.05, 3.63) is 59.2 Å². The zero-order chi connectivity index (χ0) is 15.6. The predicted molar refractivity (Wildman–Crippen MR) is 65.8 cm³/mol. The van der Waals surface area contributed by atoms with E-state index in [1.165, 1.54) is 0 Å². The van der Waals surface area contributed by atoms with Gasteiger partial charge in [0.25, 0.3) is 0 Å². The lowest BCUT2D eigenvalue weighted by Crippen LogP contribution is -2.04. The molecule has 0 bridgehead atoms. The molecule has 2 rings (SSSR count). The number of rotatable bonds is 3.